The average molecular weight is 466 g/mol. The summed E-state index contributed by atoms with van der Waals surface area (Å²) in [5.74, 6) is -0.126. The highest BCUT2D eigenvalue weighted by Crippen LogP contribution is 2.30. The molecule has 0 fully saturated rings. The van der Waals surface area contributed by atoms with Gasteiger partial charge in [-0.05, 0) is 42.7 Å². The first-order valence-electron chi connectivity index (χ1n) is 10.6. The molecule has 5 nitrogen and oxygen atoms in total. The van der Waals surface area contributed by atoms with Gasteiger partial charge in [0.15, 0.2) is 0 Å². The summed E-state index contributed by atoms with van der Waals surface area (Å²) < 4.78 is 1.84. The first-order chi connectivity index (χ1) is 15.5. The van der Waals surface area contributed by atoms with Gasteiger partial charge in [-0.15, -0.1) is 0 Å². The van der Waals surface area contributed by atoms with Crippen LogP contribution in [0.4, 0.5) is 0 Å². The van der Waals surface area contributed by atoms with Gasteiger partial charge in [0.1, 0.15) is 5.69 Å². The highest BCUT2D eigenvalue weighted by molar-refractivity contribution is 6.42. The van der Waals surface area contributed by atoms with Crippen molar-refractivity contribution >= 4 is 41.0 Å². The summed E-state index contributed by atoms with van der Waals surface area (Å²) in [5.41, 5.74) is 4.66. The fourth-order valence-electron chi connectivity index (χ4n) is 4.40. The molecule has 2 aliphatic heterocycles. The highest BCUT2D eigenvalue weighted by Gasteiger charge is 2.32. The zero-order valence-electron chi connectivity index (χ0n) is 17.4. The minimum atomic E-state index is -0.129. The number of nitrogens with zero attached hydrogens (tertiary/aromatic N) is 3. The third-order valence-electron chi connectivity index (χ3n) is 6.02. The summed E-state index contributed by atoms with van der Waals surface area (Å²) in [6.45, 7) is 1.60. The summed E-state index contributed by atoms with van der Waals surface area (Å²) >= 11 is 12.1. The van der Waals surface area contributed by atoms with Crippen LogP contribution >= 0.6 is 23.2 Å². The maximum atomic E-state index is 13.5. The molecule has 0 radical (unpaired) electrons. The van der Waals surface area contributed by atoms with Crippen LogP contribution in [0.15, 0.2) is 54.1 Å². The van der Waals surface area contributed by atoms with Crippen LogP contribution in [-0.4, -0.2) is 32.9 Å². The van der Waals surface area contributed by atoms with Crippen molar-refractivity contribution in [2.75, 3.05) is 6.54 Å². The van der Waals surface area contributed by atoms with Gasteiger partial charge in [-0.25, -0.2) is 0 Å². The van der Waals surface area contributed by atoms with Crippen molar-refractivity contribution in [2.24, 2.45) is 0 Å². The minimum absolute atomic E-state index is 0.00365. The molecule has 0 bridgehead atoms. The first kappa shape index (κ1) is 21.0. The molecular weight excluding hydrogens is 445 g/mol. The van der Waals surface area contributed by atoms with Gasteiger partial charge in [-0.2, -0.15) is 5.10 Å². The van der Waals surface area contributed by atoms with Gasteiger partial charge >= 0.3 is 0 Å². The molecule has 3 aromatic rings. The summed E-state index contributed by atoms with van der Waals surface area (Å²) in [6, 6.07) is 14.8. The van der Waals surface area contributed by atoms with E-state index in [1.165, 1.54) is 0 Å². The smallest absolute Gasteiger partial charge is 0.254 e. The van der Waals surface area contributed by atoms with E-state index in [-0.39, 0.29) is 11.7 Å². The maximum Gasteiger partial charge on any atom is 0.254 e. The van der Waals surface area contributed by atoms with E-state index in [4.69, 9.17) is 28.3 Å². The molecule has 0 saturated heterocycles. The average Bonchev–Trinajstić information content (AvgIpc) is 3.10. The number of amides is 1. The topological polar surface area (TPSA) is 55.2 Å². The molecular formula is C25H21Cl2N3O2. The normalized spacial score (nSPS) is 17.1. The molecule has 0 aliphatic carbocycles. The number of aromatic nitrogens is 2. The molecule has 7 heteroatoms. The molecule has 3 heterocycles. The van der Waals surface area contributed by atoms with Gasteiger partial charge in [0, 0.05) is 36.2 Å². The van der Waals surface area contributed by atoms with Crippen LogP contribution in [0.25, 0.3) is 6.08 Å². The molecule has 1 amide bonds. The largest absolute Gasteiger partial charge is 0.334 e. The molecule has 162 valence electrons. The van der Waals surface area contributed by atoms with E-state index in [2.05, 4.69) is 0 Å². The molecule has 1 aromatic heterocycles. The van der Waals surface area contributed by atoms with Crippen LogP contribution in [0.3, 0.4) is 0 Å². The number of halogens is 2. The van der Waals surface area contributed by atoms with Crippen molar-refractivity contribution in [3.8, 4) is 0 Å². The fraction of sp³-hybridized carbons (Fsp3) is 0.240. The van der Waals surface area contributed by atoms with Gasteiger partial charge in [0.05, 0.1) is 22.3 Å². The lowest BCUT2D eigenvalue weighted by molar-refractivity contribution is 0.0732. The monoisotopic (exact) mass is 465 g/mol. The Kier molecular flexibility index (Phi) is 5.62. The highest BCUT2D eigenvalue weighted by atomic mass is 35.5. The van der Waals surface area contributed by atoms with Gasteiger partial charge in [0.25, 0.3) is 5.91 Å². The summed E-state index contributed by atoms with van der Waals surface area (Å²) in [5, 5.41) is 5.49. The van der Waals surface area contributed by atoms with E-state index in [1.54, 1.807) is 23.1 Å². The van der Waals surface area contributed by atoms with E-state index in [1.807, 2.05) is 41.1 Å². The Labute approximate surface area is 196 Å². The van der Waals surface area contributed by atoms with E-state index in [0.717, 1.165) is 28.8 Å². The molecule has 0 N–H and O–H groups in total. The predicted molar refractivity (Wildman–Crippen MR) is 125 cm³/mol. The molecule has 0 spiro atoms. The Morgan fingerprint density at radius 1 is 1.00 bits per heavy atom. The molecule has 0 unspecified atom stereocenters. The van der Waals surface area contributed by atoms with Gasteiger partial charge in [0.2, 0.25) is 5.78 Å². The fourth-order valence-corrected chi connectivity index (χ4v) is 4.70. The van der Waals surface area contributed by atoms with Crippen LogP contribution < -0.4 is 0 Å². The van der Waals surface area contributed by atoms with Crippen LogP contribution in [-0.2, 0) is 19.5 Å². The predicted octanol–water partition coefficient (Wildman–Crippen LogP) is 5.45. The number of ketones is 1. The SMILES string of the molecule is O=C1C(=Cc2ccccc2)CCCn2nc3c(c21)CN(C(=O)c1ccc(Cl)c(Cl)c1)CC3. The Balaban J connectivity index is 1.47. The Morgan fingerprint density at radius 2 is 1.81 bits per heavy atom. The number of Topliss-reactive ketones (excluding diaryl/α,β-unsaturated/α-hetero) is 1. The number of allylic oxidation sites excluding steroid dienone is 1. The molecule has 2 aliphatic rings. The van der Waals surface area contributed by atoms with Crippen molar-refractivity contribution in [3.05, 3.63) is 92.2 Å². The third-order valence-corrected chi connectivity index (χ3v) is 6.76. The van der Waals surface area contributed by atoms with Crippen molar-refractivity contribution in [2.45, 2.75) is 32.4 Å². The van der Waals surface area contributed by atoms with E-state index in [9.17, 15) is 9.59 Å². The lowest BCUT2D eigenvalue weighted by Crippen LogP contribution is -2.36. The Bertz CT molecular complexity index is 1250. The van der Waals surface area contributed by atoms with E-state index in [0.29, 0.717) is 53.8 Å². The molecule has 2 aromatic carbocycles. The molecule has 32 heavy (non-hydrogen) atoms. The number of carbonyl (C=O) groups excluding carboxylic acids is 2. The summed E-state index contributed by atoms with van der Waals surface area (Å²) in [7, 11) is 0. The van der Waals surface area contributed by atoms with Crippen molar-refractivity contribution < 1.29 is 9.59 Å². The number of fused-ring (bicyclic) bond motifs is 3. The number of rotatable bonds is 2. The van der Waals surface area contributed by atoms with Crippen molar-refractivity contribution in [1.82, 2.24) is 14.7 Å². The number of hydrogen-bond acceptors (Lipinski definition) is 3. The first-order valence-corrected chi connectivity index (χ1v) is 11.4. The quantitative estimate of drug-likeness (QED) is 0.472. The number of hydrogen-bond donors (Lipinski definition) is 0. The Morgan fingerprint density at radius 3 is 2.59 bits per heavy atom. The maximum absolute atomic E-state index is 13.5. The van der Waals surface area contributed by atoms with E-state index >= 15 is 0 Å². The second kappa shape index (κ2) is 8.57. The third kappa shape index (κ3) is 3.87. The minimum Gasteiger partial charge on any atom is -0.334 e. The zero-order chi connectivity index (χ0) is 22.2. The second-order valence-corrected chi connectivity index (χ2v) is 8.93. The van der Waals surface area contributed by atoms with Crippen LogP contribution in [0.5, 0.6) is 0 Å². The van der Waals surface area contributed by atoms with Gasteiger partial charge in [-0.1, -0.05) is 53.5 Å². The second-order valence-electron chi connectivity index (χ2n) is 8.12. The summed E-state index contributed by atoms with van der Waals surface area (Å²) in [6.07, 6.45) is 4.15. The van der Waals surface area contributed by atoms with Crippen LogP contribution in [0.2, 0.25) is 10.0 Å². The Hall–Kier alpha value is -2.89. The lowest BCUT2D eigenvalue weighted by Gasteiger charge is -2.27. The van der Waals surface area contributed by atoms with Crippen LogP contribution in [0, 0.1) is 0 Å². The number of benzene rings is 2. The number of carbonyl (C=O) groups is 2. The van der Waals surface area contributed by atoms with Crippen LogP contribution in [0.1, 0.15) is 50.5 Å². The van der Waals surface area contributed by atoms with Gasteiger partial charge in [-0.3, -0.25) is 14.3 Å². The summed E-state index contributed by atoms with van der Waals surface area (Å²) in [4.78, 5) is 28.4. The molecule has 0 atom stereocenters. The van der Waals surface area contributed by atoms with Crippen molar-refractivity contribution in [1.29, 1.82) is 0 Å². The molecule has 0 saturated carbocycles. The lowest BCUT2D eigenvalue weighted by atomic mass is 9.96. The number of aryl methyl sites for hydroxylation is 1. The zero-order valence-corrected chi connectivity index (χ0v) is 18.9. The molecule has 5 rings (SSSR count). The van der Waals surface area contributed by atoms with E-state index < -0.39 is 0 Å². The van der Waals surface area contributed by atoms with Gasteiger partial charge < -0.3 is 4.90 Å². The standard InChI is InChI=1S/C25H21Cl2N3O2/c26-20-9-8-18(14-21(20)27)25(32)29-12-10-22-19(15-29)23-24(31)17(7-4-11-30(23)28-22)13-16-5-2-1-3-6-16/h1-3,5-6,8-9,13-14H,4,7,10-12,15H2. The van der Waals surface area contributed by atoms with Crippen molar-refractivity contribution in [3.63, 3.8) is 0 Å².